The molecule has 2 rings (SSSR count). The Balaban J connectivity index is 1.75. The normalized spacial score (nSPS) is 15.5. The van der Waals surface area contributed by atoms with Gasteiger partial charge >= 0.3 is 0 Å². The fraction of sp³-hybridized carbons (Fsp3) is 0.583. The average Bonchev–Trinajstić information content (AvgIpc) is 2.42. The van der Waals surface area contributed by atoms with Crippen molar-refractivity contribution in [1.29, 1.82) is 0 Å². The fourth-order valence-corrected chi connectivity index (χ4v) is 1.85. The third-order valence-electron chi connectivity index (χ3n) is 2.87. The number of rotatable bonds is 4. The van der Waals surface area contributed by atoms with E-state index in [2.05, 4.69) is 15.3 Å². The first-order valence-corrected chi connectivity index (χ1v) is 6.15. The monoisotopic (exact) mass is 250 g/mol. The van der Waals surface area contributed by atoms with Crippen LogP contribution in [-0.2, 0) is 4.79 Å². The van der Waals surface area contributed by atoms with E-state index in [0.717, 1.165) is 31.7 Å². The van der Waals surface area contributed by atoms with Gasteiger partial charge in [-0.2, -0.15) is 0 Å². The van der Waals surface area contributed by atoms with Crippen molar-refractivity contribution in [2.24, 2.45) is 0 Å². The molecule has 0 unspecified atom stereocenters. The summed E-state index contributed by atoms with van der Waals surface area (Å²) in [4.78, 5) is 21.6. The maximum Gasteiger partial charge on any atom is 0.226 e. The van der Waals surface area contributed by atoms with E-state index in [9.17, 15) is 4.79 Å². The SMILES string of the molecule is Cc1cncnc1OCCC(=O)N1CCNCC1. The lowest BCUT2D eigenvalue weighted by molar-refractivity contribution is -0.132. The van der Waals surface area contributed by atoms with Gasteiger partial charge in [0, 0.05) is 37.9 Å². The number of ether oxygens (including phenoxy) is 1. The van der Waals surface area contributed by atoms with E-state index in [1.807, 2.05) is 11.8 Å². The first-order chi connectivity index (χ1) is 8.77. The Morgan fingerprint density at radius 2 is 2.28 bits per heavy atom. The van der Waals surface area contributed by atoms with E-state index in [4.69, 9.17) is 4.74 Å². The first-order valence-electron chi connectivity index (χ1n) is 6.15. The lowest BCUT2D eigenvalue weighted by atomic mass is 10.3. The van der Waals surface area contributed by atoms with Crippen LogP contribution in [0.4, 0.5) is 0 Å². The molecule has 0 aliphatic carbocycles. The van der Waals surface area contributed by atoms with Crippen molar-refractivity contribution in [2.45, 2.75) is 13.3 Å². The summed E-state index contributed by atoms with van der Waals surface area (Å²) in [7, 11) is 0. The van der Waals surface area contributed by atoms with Gasteiger partial charge in [-0.3, -0.25) is 4.79 Å². The Labute approximate surface area is 106 Å². The molecule has 1 N–H and O–H groups in total. The molecular weight excluding hydrogens is 232 g/mol. The van der Waals surface area contributed by atoms with Crippen LogP contribution in [0.15, 0.2) is 12.5 Å². The van der Waals surface area contributed by atoms with Crippen molar-refractivity contribution in [1.82, 2.24) is 20.2 Å². The second-order valence-electron chi connectivity index (χ2n) is 4.24. The topological polar surface area (TPSA) is 67.4 Å². The number of nitrogens with zero attached hydrogens (tertiary/aromatic N) is 3. The van der Waals surface area contributed by atoms with E-state index < -0.39 is 0 Å². The largest absolute Gasteiger partial charge is 0.477 e. The fourth-order valence-electron chi connectivity index (χ4n) is 1.85. The Hall–Kier alpha value is -1.69. The molecule has 1 amide bonds. The second kappa shape index (κ2) is 6.30. The van der Waals surface area contributed by atoms with Crippen molar-refractivity contribution >= 4 is 5.91 Å². The maximum absolute atomic E-state index is 11.9. The van der Waals surface area contributed by atoms with Crippen molar-refractivity contribution in [2.75, 3.05) is 32.8 Å². The quantitative estimate of drug-likeness (QED) is 0.814. The number of hydrogen-bond donors (Lipinski definition) is 1. The van der Waals surface area contributed by atoms with Gasteiger partial charge in [0.1, 0.15) is 6.33 Å². The van der Waals surface area contributed by atoms with E-state index in [1.54, 1.807) is 6.20 Å². The molecule has 1 aliphatic rings. The van der Waals surface area contributed by atoms with Crippen LogP contribution in [0.1, 0.15) is 12.0 Å². The highest BCUT2D eigenvalue weighted by atomic mass is 16.5. The van der Waals surface area contributed by atoms with E-state index >= 15 is 0 Å². The minimum Gasteiger partial charge on any atom is -0.477 e. The van der Waals surface area contributed by atoms with Gasteiger partial charge in [-0.25, -0.2) is 9.97 Å². The molecule has 98 valence electrons. The Morgan fingerprint density at radius 1 is 1.50 bits per heavy atom. The van der Waals surface area contributed by atoms with Gasteiger partial charge in [0.25, 0.3) is 0 Å². The predicted molar refractivity (Wildman–Crippen MR) is 66.3 cm³/mol. The highest BCUT2D eigenvalue weighted by Crippen LogP contribution is 2.11. The van der Waals surface area contributed by atoms with Crippen LogP contribution in [0.2, 0.25) is 0 Å². The molecule has 1 aromatic heterocycles. The minimum absolute atomic E-state index is 0.142. The molecule has 6 heteroatoms. The van der Waals surface area contributed by atoms with Gasteiger partial charge in [-0.15, -0.1) is 0 Å². The van der Waals surface area contributed by atoms with Crippen LogP contribution in [0.3, 0.4) is 0 Å². The number of nitrogens with one attached hydrogen (secondary N) is 1. The van der Waals surface area contributed by atoms with E-state index in [0.29, 0.717) is 18.9 Å². The molecule has 2 heterocycles. The number of piperazine rings is 1. The zero-order valence-corrected chi connectivity index (χ0v) is 10.6. The van der Waals surface area contributed by atoms with Crippen molar-refractivity contribution in [3.05, 3.63) is 18.1 Å². The zero-order chi connectivity index (χ0) is 12.8. The molecule has 0 spiro atoms. The average molecular weight is 250 g/mol. The second-order valence-corrected chi connectivity index (χ2v) is 4.24. The van der Waals surface area contributed by atoms with Crippen LogP contribution in [0, 0.1) is 6.92 Å². The number of carbonyl (C=O) groups is 1. The molecule has 1 saturated heterocycles. The molecule has 0 saturated carbocycles. The van der Waals surface area contributed by atoms with E-state index in [1.165, 1.54) is 6.33 Å². The van der Waals surface area contributed by atoms with Gasteiger partial charge in [-0.1, -0.05) is 0 Å². The van der Waals surface area contributed by atoms with Crippen LogP contribution in [0.25, 0.3) is 0 Å². The molecule has 0 aromatic carbocycles. The standard InChI is InChI=1S/C12H18N4O2/c1-10-8-14-9-15-12(10)18-7-2-11(17)16-5-3-13-4-6-16/h8-9,13H,2-7H2,1H3. The number of aromatic nitrogens is 2. The summed E-state index contributed by atoms with van der Waals surface area (Å²) >= 11 is 0. The van der Waals surface area contributed by atoms with Gasteiger partial charge in [0.15, 0.2) is 0 Å². The van der Waals surface area contributed by atoms with Crippen molar-refractivity contribution < 1.29 is 9.53 Å². The molecular formula is C12H18N4O2. The summed E-state index contributed by atoms with van der Waals surface area (Å²) in [5.41, 5.74) is 0.882. The van der Waals surface area contributed by atoms with Crippen LogP contribution in [-0.4, -0.2) is 53.6 Å². The smallest absolute Gasteiger partial charge is 0.226 e. The van der Waals surface area contributed by atoms with Crippen molar-refractivity contribution in [3.8, 4) is 5.88 Å². The van der Waals surface area contributed by atoms with Crippen LogP contribution < -0.4 is 10.1 Å². The molecule has 0 bridgehead atoms. The predicted octanol–water partition coefficient (Wildman–Crippen LogP) is -0.0143. The summed E-state index contributed by atoms with van der Waals surface area (Å²) in [6.07, 6.45) is 3.53. The number of hydrogen-bond acceptors (Lipinski definition) is 5. The van der Waals surface area contributed by atoms with Crippen LogP contribution >= 0.6 is 0 Å². The molecule has 0 radical (unpaired) electrons. The van der Waals surface area contributed by atoms with Gasteiger partial charge in [-0.05, 0) is 6.92 Å². The Morgan fingerprint density at radius 3 is 3.00 bits per heavy atom. The maximum atomic E-state index is 11.9. The molecule has 18 heavy (non-hydrogen) atoms. The van der Waals surface area contributed by atoms with E-state index in [-0.39, 0.29) is 5.91 Å². The van der Waals surface area contributed by atoms with Crippen molar-refractivity contribution in [3.63, 3.8) is 0 Å². The van der Waals surface area contributed by atoms with Gasteiger partial charge < -0.3 is 15.0 Å². The number of carbonyl (C=O) groups excluding carboxylic acids is 1. The summed E-state index contributed by atoms with van der Waals surface area (Å²) in [5, 5.41) is 3.22. The molecule has 6 nitrogen and oxygen atoms in total. The lowest BCUT2D eigenvalue weighted by Crippen LogP contribution is -2.46. The summed E-state index contributed by atoms with van der Waals surface area (Å²) in [5.74, 6) is 0.696. The summed E-state index contributed by atoms with van der Waals surface area (Å²) < 4.78 is 5.48. The molecule has 1 aliphatic heterocycles. The summed E-state index contributed by atoms with van der Waals surface area (Å²) in [6.45, 7) is 5.56. The van der Waals surface area contributed by atoms with Gasteiger partial charge in [0.05, 0.1) is 13.0 Å². The highest BCUT2D eigenvalue weighted by Gasteiger charge is 2.15. The zero-order valence-electron chi connectivity index (χ0n) is 10.6. The van der Waals surface area contributed by atoms with Gasteiger partial charge in [0.2, 0.25) is 11.8 Å². The summed E-state index contributed by atoms with van der Waals surface area (Å²) in [6, 6.07) is 0. The first kappa shape index (κ1) is 12.8. The number of aryl methyl sites for hydroxylation is 1. The molecule has 1 fully saturated rings. The third kappa shape index (κ3) is 3.40. The van der Waals surface area contributed by atoms with Crippen LogP contribution in [0.5, 0.6) is 5.88 Å². The Kier molecular flexibility index (Phi) is 4.46. The number of amides is 1. The lowest BCUT2D eigenvalue weighted by Gasteiger charge is -2.27. The Bertz CT molecular complexity index is 405. The third-order valence-corrected chi connectivity index (χ3v) is 2.87. The molecule has 1 aromatic rings. The minimum atomic E-state index is 0.142. The molecule has 0 atom stereocenters. The highest BCUT2D eigenvalue weighted by molar-refractivity contribution is 5.76.